The summed E-state index contributed by atoms with van der Waals surface area (Å²) in [4.78, 5) is 32.5. The number of carbonyl (C=O) groups excluding carboxylic acids is 1. The smallest absolute Gasteiger partial charge is 0.414 e. The van der Waals surface area contributed by atoms with Gasteiger partial charge in [0.15, 0.2) is 11.5 Å². The molecule has 0 saturated heterocycles. The third kappa shape index (κ3) is 10.3. The number of benzene rings is 2. The number of ether oxygens (including phenoxy) is 2. The van der Waals surface area contributed by atoms with Crippen molar-refractivity contribution in [3.05, 3.63) is 59.7 Å². The molecule has 1 unspecified atom stereocenters. The zero-order valence-corrected chi connectivity index (χ0v) is 19.9. The Morgan fingerprint density at radius 1 is 0.941 bits per heavy atom. The van der Waals surface area contributed by atoms with Crippen molar-refractivity contribution >= 4 is 17.8 Å². The predicted molar refractivity (Wildman–Crippen MR) is 127 cm³/mol. The summed E-state index contributed by atoms with van der Waals surface area (Å²) in [5.74, 6) is -2.26. The molecule has 2 rings (SSSR count). The number of likely N-dealkylation sites (N-methyl/N-ethyl adjacent to an activating group) is 1. The van der Waals surface area contributed by atoms with E-state index < -0.39 is 11.9 Å². The molecule has 0 aliphatic rings. The van der Waals surface area contributed by atoms with Crippen LogP contribution in [0.1, 0.15) is 17.2 Å². The number of methoxy groups -OCH3 is 2. The van der Waals surface area contributed by atoms with Crippen LogP contribution in [0.25, 0.3) is 0 Å². The Morgan fingerprint density at radius 2 is 1.56 bits per heavy atom. The van der Waals surface area contributed by atoms with Crippen molar-refractivity contribution in [2.75, 3.05) is 47.9 Å². The van der Waals surface area contributed by atoms with E-state index in [1.807, 2.05) is 50.5 Å². The van der Waals surface area contributed by atoms with E-state index in [9.17, 15) is 4.79 Å². The monoisotopic (exact) mass is 475 g/mol. The number of rotatable bonds is 11. The lowest BCUT2D eigenvalue weighted by Gasteiger charge is -2.25. The highest BCUT2D eigenvalue weighted by Crippen LogP contribution is 2.27. The Labute approximate surface area is 199 Å². The third-order valence-electron chi connectivity index (χ3n) is 4.80. The van der Waals surface area contributed by atoms with E-state index in [-0.39, 0.29) is 11.9 Å². The Bertz CT molecular complexity index is 908. The molecular formula is C24H33N3O7. The molecular weight excluding hydrogens is 442 g/mol. The lowest BCUT2D eigenvalue weighted by Crippen LogP contribution is -2.38. The Hall–Kier alpha value is -3.63. The van der Waals surface area contributed by atoms with E-state index in [4.69, 9.17) is 29.3 Å². The van der Waals surface area contributed by atoms with Gasteiger partial charge in [-0.15, -0.1) is 0 Å². The van der Waals surface area contributed by atoms with Gasteiger partial charge in [0.1, 0.15) is 0 Å². The van der Waals surface area contributed by atoms with E-state index in [0.29, 0.717) is 31.1 Å². The minimum atomic E-state index is -1.82. The summed E-state index contributed by atoms with van der Waals surface area (Å²) in [5.41, 5.74) is 2.32. The maximum Gasteiger partial charge on any atom is 0.414 e. The molecule has 34 heavy (non-hydrogen) atoms. The molecule has 1 amide bonds. The first-order valence-corrected chi connectivity index (χ1v) is 10.6. The van der Waals surface area contributed by atoms with Gasteiger partial charge in [-0.2, -0.15) is 0 Å². The van der Waals surface area contributed by atoms with Crippen LogP contribution in [-0.2, 0) is 20.8 Å². The minimum Gasteiger partial charge on any atom is -0.493 e. The summed E-state index contributed by atoms with van der Waals surface area (Å²) < 4.78 is 10.5. The average molecular weight is 476 g/mol. The molecule has 186 valence electrons. The Morgan fingerprint density at radius 3 is 2.09 bits per heavy atom. The maximum atomic E-state index is 12.1. The molecule has 2 aromatic rings. The first kappa shape index (κ1) is 28.4. The topological polar surface area (TPSA) is 137 Å². The quantitative estimate of drug-likeness (QED) is 0.356. The van der Waals surface area contributed by atoms with Gasteiger partial charge in [0.05, 0.1) is 20.8 Å². The fourth-order valence-electron chi connectivity index (χ4n) is 3.04. The molecule has 0 heterocycles. The maximum absolute atomic E-state index is 12.1. The molecule has 0 aromatic heterocycles. The number of carbonyl (C=O) groups is 3. The molecule has 0 aliphatic carbocycles. The van der Waals surface area contributed by atoms with Crippen LogP contribution < -0.4 is 20.1 Å². The highest BCUT2D eigenvalue weighted by molar-refractivity contribution is 6.27. The number of hydrogen-bond acceptors (Lipinski definition) is 7. The number of nitrogens with one attached hydrogen (secondary N) is 2. The van der Waals surface area contributed by atoms with Gasteiger partial charge in [-0.05, 0) is 43.8 Å². The van der Waals surface area contributed by atoms with Crippen LogP contribution in [0.2, 0.25) is 0 Å². The first-order valence-electron chi connectivity index (χ1n) is 10.6. The number of amides is 1. The van der Waals surface area contributed by atoms with Gasteiger partial charge in [-0.1, -0.05) is 36.4 Å². The van der Waals surface area contributed by atoms with Gasteiger partial charge >= 0.3 is 11.9 Å². The molecule has 0 radical (unpaired) electrons. The van der Waals surface area contributed by atoms with Crippen LogP contribution in [0, 0.1) is 0 Å². The van der Waals surface area contributed by atoms with Crippen molar-refractivity contribution < 1.29 is 34.1 Å². The SMILES string of the molecule is COc1ccc(CCNC(=O)CNCC(c2ccccc2)N(C)C)cc1OC.O=C(O)C(=O)O. The average Bonchev–Trinajstić information content (AvgIpc) is 2.82. The lowest BCUT2D eigenvalue weighted by atomic mass is 10.1. The van der Waals surface area contributed by atoms with E-state index in [0.717, 1.165) is 12.0 Å². The summed E-state index contributed by atoms with van der Waals surface area (Å²) >= 11 is 0. The van der Waals surface area contributed by atoms with Gasteiger partial charge < -0.3 is 35.2 Å². The summed E-state index contributed by atoms with van der Waals surface area (Å²) in [6, 6.07) is 16.3. The van der Waals surface area contributed by atoms with Crippen molar-refractivity contribution in [2.24, 2.45) is 0 Å². The van der Waals surface area contributed by atoms with E-state index in [1.165, 1.54) is 5.56 Å². The third-order valence-corrected chi connectivity index (χ3v) is 4.80. The molecule has 0 fully saturated rings. The summed E-state index contributed by atoms with van der Waals surface area (Å²) in [6.45, 7) is 1.58. The first-order chi connectivity index (χ1) is 16.2. The molecule has 2 aromatic carbocycles. The molecule has 10 heteroatoms. The molecule has 10 nitrogen and oxygen atoms in total. The lowest BCUT2D eigenvalue weighted by molar-refractivity contribution is -0.159. The fourth-order valence-corrected chi connectivity index (χ4v) is 3.04. The molecule has 0 saturated carbocycles. The van der Waals surface area contributed by atoms with Crippen LogP contribution in [0.3, 0.4) is 0 Å². The molecule has 0 spiro atoms. The minimum absolute atomic E-state index is 0.00829. The second-order valence-corrected chi connectivity index (χ2v) is 7.42. The van der Waals surface area contributed by atoms with Crippen LogP contribution in [0.15, 0.2) is 48.5 Å². The molecule has 0 bridgehead atoms. The number of hydrogen-bond donors (Lipinski definition) is 4. The molecule has 1 atom stereocenters. The zero-order chi connectivity index (χ0) is 25.5. The van der Waals surface area contributed by atoms with Gasteiger partial charge in [0, 0.05) is 19.1 Å². The Balaban J connectivity index is 0.000000852. The van der Waals surface area contributed by atoms with E-state index in [1.54, 1.807) is 14.2 Å². The summed E-state index contributed by atoms with van der Waals surface area (Å²) in [7, 11) is 7.32. The van der Waals surface area contributed by atoms with Crippen LogP contribution >= 0.6 is 0 Å². The molecule has 4 N–H and O–H groups in total. The fraction of sp³-hybridized carbons (Fsp3) is 0.375. The van der Waals surface area contributed by atoms with E-state index >= 15 is 0 Å². The van der Waals surface area contributed by atoms with Crippen molar-refractivity contribution in [2.45, 2.75) is 12.5 Å². The van der Waals surface area contributed by atoms with E-state index in [2.05, 4.69) is 27.7 Å². The highest BCUT2D eigenvalue weighted by Gasteiger charge is 2.14. The highest BCUT2D eigenvalue weighted by atomic mass is 16.5. The summed E-state index contributed by atoms with van der Waals surface area (Å²) in [6.07, 6.45) is 0.733. The predicted octanol–water partition coefficient (Wildman–Crippen LogP) is 1.41. The standard InChI is InChI=1S/C22H31N3O3.C2H2O4/c1-25(2)19(18-8-6-5-7-9-18)15-23-16-22(26)24-13-12-17-10-11-20(27-3)21(14-17)28-4;3-1(4)2(5)6/h5-11,14,19,23H,12-13,15-16H2,1-4H3,(H,24,26);(H,3,4)(H,5,6). The van der Waals surface area contributed by atoms with Crippen molar-refractivity contribution in [3.8, 4) is 11.5 Å². The zero-order valence-electron chi connectivity index (χ0n) is 19.9. The largest absolute Gasteiger partial charge is 0.493 e. The van der Waals surface area contributed by atoms with Crippen molar-refractivity contribution in [1.29, 1.82) is 0 Å². The Kier molecular flexibility index (Phi) is 12.7. The van der Waals surface area contributed by atoms with Gasteiger partial charge in [0.2, 0.25) is 5.91 Å². The second kappa shape index (κ2) is 15.3. The normalized spacial score (nSPS) is 11.1. The van der Waals surface area contributed by atoms with Crippen LogP contribution in [0.5, 0.6) is 11.5 Å². The summed E-state index contributed by atoms with van der Waals surface area (Å²) in [5, 5.41) is 21.0. The van der Waals surface area contributed by atoms with Gasteiger partial charge in [-0.25, -0.2) is 9.59 Å². The van der Waals surface area contributed by atoms with Crippen molar-refractivity contribution in [3.63, 3.8) is 0 Å². The number of carboxylic acids is 2. The van der Waals surface area contributed by atoms with Gasteiger partial charge in [0.25, 0.3) is 0 Å². The van der Waals surface area contributed by atoms with Gasteiger partial charge in [-0.3, -0.25) is 4.79 Å². The molecule has 0 aliphatic heterocycles. The number of nitrogens with zero attached hydrogens (tertiary/aromatic N) is 1. The van der Waals surface area contributed by atoms with Crippen molar-refractivity contribution in [1.82, 2.24) is 15.5 Å². The number of aliphatic carboxylic acids is 2. The van der Waals surface area contributed by atoms with Crippen LogP contribution in [0.4, 0.5) is 0 Å². The van der Waals surface area contributed by atoms with Crippen LogP contribution in [-0.4, -0.2) is 80.9 Å². The number of carboxylic acid groups (broad SMARTS) is 2. The second-order valence-electron chi connectivity index (χ2n) is 7.42.